The van der Waals surface area contributed by atoms with Gasteiger partial charge in [0.25, 0.3) is 0 Å². The first-order valence-corrected chi connectivity index (χ1v) is 6.30. The lowest BCUT2D eigenvalue weighted by molar-refractivity contribution is -0.145. The lowest BCUT2D eigenvalue weighted by atomic mass is 10.0. The molecule has 1 aromatic carbocycles. The Balaban J connectivity index is 2.40. The van der Waals surface area contributed by atoms with Gasteiger partial charge in [-0.3, -0.25) is 14.4 Å². The lowest BCUT2D eigenvalue weighted by Gasteiger charge is -2.02. The summed E-state index contributed by atoms with van der Waals surface area (Å²) in [6.07, 6.45) is -0.0537. The molecule has 0 atom stereocenters. The number of carbonyl (C=O) groups is 3. The summed E-state index contributed by atoms with van der Waals surface area (Å²) in [4.78, 5) is 34.3. The molecule has 0 saturated carbocycles. The highest BCUT2D eigenvalue weighted by molar-refractivity contribution is 6.01. The molecular weight excluding hydrogens is 244 g/mol. The van der Waals surface area contributed by atoms with Crippen LogP contribution in [0.4, 0.5) is 0 Å². The molecule has 0 aliphatic carbocycles. The van der Waals surface area contributed by atoms with Gasteiger partial charge in [0.05, 0.1) is 6.61 Å². The molecule has 0 aliphatic heterocycles. The van der Waals surface area contributed by atoms with Crippen molar-refractivity contribution in [3.05, 3.63) is 35.4 Å². The van der Waals surface area contributed by atoms with Crippen molar-refractivity contribution in [2.75, 3.05) is 6.61 Å². The number of aryl methyl sites for hydroxylation is 1. The molecule has 0 heterocycles. The first-order valence-electron chi connectivity index (χ1n) is 6.30. The smallest absolute Gasteiger partial charge is 0.313 e. The average molecular weight is 262 g/mol. The molecule has 102 valence electrons. The monoisotopic (exact) mass is 262 g/mol. The Morgan fingerprint density at radius 2 is 1.68 bits per heavy atom. The second kappa shape index (κ2) is 7.46. The van der Waals surface area contributed by atoms with Crippen molar-refractivity contribution in [1.29, 1.82) is 0 Å². The molecule has 0 aliphatic rings. The Morgan fingerprint density at radius 3 is 2.26 bits per heavy atom. The number of hydrogen-bond acceptors (Lipinski definition) is 4. The van der Waals surface area contributed by atoms with Gasteiger partial charge in [-0.2, -0.15) is 0 Å². The molecule has 0 fully saturated rings. The van der Waals surface area contributed by atoms with Crippen LogP contribution in [0.1, 0.15) is 42.1 Å². The minimum Gasteiger partial charge on any atom is -0.466 e. The predicted octanol–water partition coefficient (Wildman–Crippen LogP) is 2.48. The van der Waals surface area contributed by atoms with E-state index < -0.39 is 5.97 Å². The Kier molecular flexibility index (Phi) is 5.93. The van der Waals surface area contributed by atoms with E-state index in [1.807, 2.05) is 19.1 Å². The number of ether oxygens (including phenoxy) is 1. The maximum Gasteiger partial charge on any atom is 0.313 e. The van der Waals surface area contributed by atoms with E-state index in [0.717, 1.165) is 5.56 Å². The van der Waals surface area contributed by atoms with Gasteiger partial charge in [0.1, 0.15) is 12.2 Å². The van der Waals surface area contributed by atoms with Crippen molar-refractivity contribution in [1.82, 2.24) is 0 Å². The van der Waals surface area contributed by atoms with Gasteiger partial charge in [0.15, 0.2) is 5.78 Å². The number of benzene rings is 1. The van der Waals surface area contributed by atoms with Crippen molar-refractivity contribution in [3.8, 4) is 0 Å². The molecule has 0 spiro atoms. The molecule has 0 bridgehead atoms. The zero-order chi connectivity index (χ0) is 14.3. The Hall–Kier alpha value is -1.97. The Labute approximate surface area is 112 Å². The highest BCUT2D eigenvalue weighted by atomic mass is 16.5. The standard InChI is InChI=1S/C15H18O4/c1-3-19-15(18)10-13(16)8-9-14(17)12-6-4-11(2)5-7-12/h4-7H,3,8-10H2,1-2H3. The normalized spacial score (nSPS) is 10.0. The van der Waals surface area contributed by atoms with Gasteiger partial charge in [-0.15, -0.1) is 0 Å². The fourth-order valence-corrected chi connectivity index (χ4v) is 1.60. The summed E-state index contributed by atoms with van der Waals surface area (Å²) in [5.74, 6) is -0.883. The summed E-state index contributed by atoms with van der Waals surface area (Å²) in [6.45, 7) is 3.88. The summed E-state index contributed by atoms with van der Waals surface area (Å²) in [5.41, 5.74) is 1.67. The lowest BCUT2D eigenvalue weighted by Crippen LogP contribution is -2.12. The topological polar surface area (TPSA) is 60.4 Å². The van der Waals surface area contributed by atoms with Crippen LogP contribution in [0.25, 0.3) is 0 Å². The molecule has 0 unspecified atom stereocenters. The van der Waals surface area contributed by atoms with E-state index >= 15 is 0 Å². The highest BCUT2D eigenvalue weighted by Gasteiger charge is 2.13. The number of Topliss-reactive ketones (excluding diaryl/α,β-unsaturated/α-hetero) is 2. The van der Waals surface area contributed by atoms with E-state index in [1.54, 1.807) is 19.1 Å². The van der Waals surface area contributed by atoms with Crippen molar-refractivity contribution in [2.24, 2.45) is 0 Å². The molecule has 0 N–H and O–H groups in total. The van der Waals surface area contributed by atoms with E-state index in [0.29, 0.717) is 5.56 Å². The molecule has 0 radical (unpaired) electrons. The van der Waals surface area contributed by atoms with Crippen LogP contribution >= 0.6 is 0 Å². The van der Waals surface area contributed by atoms with Gasteiger partial charge in [-0.05, 0) is 13.8 Å². The van der Waals surface area contributed by atoms with Gasteiger partial charge in [0, 0.05) is 18.4 Å². The van der Waals surface area contributed by atoms with Gasteiger partial charge in [-0.25, -0.2) is 0 Å². The second-order valence-corrected chi connectivity index (χ2v) is 4.31. The molecular formula is C15H18O4. The fraction of sp³-hybridized carbons (Fsp3) is 0.400. The third-order valence-electron chi connectivity index (χ3n) is 2.65. The van der Waals surface area contributed by atoms with Crippen LogP contribution in [0.5, 0.6) is 0 Å². The van der Waals surface area contributed by atoms with Gasteiger partial charge in [-0.1, -0.05) is 29.8 Å². The maximum atomic E-state index is 11.8. The number of rotatable bonds is 7. The molecule has 4 heteroatoms. The quantitative estimate of drug-likeness (QED) is 0.430. The molecule has 4 nitrogen and oxygen atoms in total. The van der Waals surface area contributed by atoms with Crippen molar-refractivity contribution in [2.45, 2.75) is 33.1 Å². The van der Waals surface area contributed by atoms with E-state index in [1.165, 1.54) is 0 Å². The fourth-order valence-electron chi connectivity index (χ4n) is 1.60. The van der Waals surface area contributed by atoms with Crippen LogP contribution in [-0.4, -0.2) is 24.1 Å². The number of ketones is 2. The van der Waals surface area contributed by atoms with Crippen LogP contribution in [0.15, 0.2) is 24.3 Å². The zero-order valence-corrected chi connectivity index (χ0v) is 11.3. The summed E-state index contributed by atoms with van der Waals surface area (Å²) in [7, 11) is 0. The van der Waals surface area contributed by atoms with Gasteiger partial charge >= 0.3 is 5.97 Å². The third-order valence-corrected chi connectivity index (χ3v) is 2.65. The molecule has 0 aromatic heterocycles. The maximum absolute atomic E-state index is 11.8. The van der Waals surface area contributed by atoms with Gasteiger partial charge < -0.3 is 4.74 Å². The minimum atomic E-state index is -0.532. The number of hydrogen-bond donors (Lipinski definition) is 0. The molecule has 0 saturated heterocycles. The van der Waals surface area contributed by atoms with E-state index in [-0.39, 0.29) is 37.4 Å². The van der Waals surface area contributed by atoms with Crippen LogP contribution < -0.4 is 0 Å². The van der Waals surface area contributed by atoms with Crippen LogP contribution in [-0.2, 0) is 14.3 Å². The summed E-state index contributed by atoms with van der Waals surface area (Å²) < 4.78 is 4.67. The van der Waals surface area contributed by atoms with Crippen molar-refractivity contribution in [3.63, 3.8) is 0 Å². The van der Waals surface area contributed by atoms with Crippen molar-refractivity contribution < 1.29 is 19.1 Å². The Bertz CT molecular complexity index is 460. The molecule has 1 aromatic rings. The summed E-state index contributed by atoms with van der Waals surface area (Å²) in [6, 6.07) is 7.20. The molecule has 0 amide bonds. The van der Waals surface area contributed by atoms with E-state index in [2.05, 4.69) is 4.74 Å². The van der Waals surface area contributed by atoms with Gasteiger partial charge in [0.2, 0.25) is 0 Å². The van der Waals surface area contributed by atoms with E-state index in [4.69, 9.17) is 0 Å². The summed E-state index contributed by atoms with van der Waals surface area (Å²) >= 11 is 0. The SMILES string of the molecule is CCOC(=O)CC(=O)CCC(=O)c1ccc(C)cc1. The third kappa shape index (κ3) is 5.46. The first kappa shape index (κ1) is 15.1. The molecule has 1 rings (SSSR count). The highest BCUT2D eigenvalue weighted by Crippen LogP contribution is 2.08. The minimum absolute atomic E-state index is 0.0749. The van der Waals surface area contributed by atoms with Crippen molar-refractivity contribution >= 4 is 17.5 Å². The summed E-state index contributed by atoms with van der Waals surface area (Å²) in [5, 5.41) is 0. The largest absolute Gasteiger partial charge is 0.466 e. The van der Waals surface area contributed by atoms with E-state index in [9.17, 15) is 14.4 Å². The second-order valence-electron chi connectivity index (χ2n) is 4.31. The average Bonchev–Trinajstić information content (AvgIpc) is 2.37. The number of esters is 1. The zero-order valence-electron chi connectivity index (χ0n) is 11.3. The predicted molar refractivity (Wildman–Crippen MR) is 71.0 cm³/mol. The Morgan fingerprint density at radius 1 is 1.05 bits per heavy atom. The van der Waals surface area contributed by atoms with Crippen LogP contribution in [0.3, 0.4) is 0 Å². The van der Waals surface area contributed by atoms with Crippen LogP contribution in [0, 0.1) is 6.92 Å². The first-order chi connectivity index (χ1) is 9.02. The molecule has 19 heavy (non-hydrogen) atoms. The van der Waals surface area contributed by atoms with Crippen LogP contribution in [0.2, 0.25) is 0 Å². The number of carbonyl (C=O) groups excluding carboxylic acids is 3.